The molecule has 74 valence electrons. The minimum atomic E-state index is -0.766. The molecule has 1 aromatic rings. The van der Waals surface area contributed by atoms with Crippen LogP contribution in [0.15, 0.2) is 24.3 Å². The molecule has 0 aliphatic carbocycles. The van der Waals surface area contributed by atoms with Crippen molar-refractivity contribution in [2.75, 3.05) is 6.61 Å². The summed E-state index contributed by atoms with van der Waals surface area (Å²) >= 11 is 0. The molecule has 0 saturated carbocycles. The van der Waals surface area contributed by atoms with Crippen LogP contribution in [0.3, 0.4) is 0 Å². The fourth-order valence-electron chi connectivity index (χ4n) is 1.65. The zero-order chi connectivity index (χ0) is 9.97. The summed E-state index contributed by atoms with van der Waals surface area (Å²) in [5.74, 6) is -0.309. The molecule has 3 heteroatoms. The number of benzene rings is 1. The van der Waals surface area contributed by atoms with Crippen LogP contribution in [0.2, 0.25) is 0 Å². The number of aryl methyl sites for hydroxylation is 1. The monoisotopic (exact) mass is 192 g/mol. The molecule has 14 heavy (non-hydrogen) atoms. The van der Waals surface area contributed by atoms with Gasteiger partial charge < -0.3 is 9.84 Å². The maximum Gasteiger partial charge on any atom is 0.309 e. The molecule has 1 heterocycles. The highest BCUT2D eigenvalue weighted by atomic mass is 16.5. The lowest BCUT2D eigenvalue weighted by Crippen LogP contribution is -2.20. The first-order valence-corrected chi connectivity index (χ1v) is 4.71. The van der Waals surface area contributed by atoms with Gasteiger partial charge in [-0.05, 0) is 24.5 Å². The summed E-state index contributed by atoms with van der Waals surface area (Å²) in [5.41, 5.74) is 1.11. The Morgan fingerprint density at radius 1 is 1.43 bits per heavy atom. The van der Waals surface area contributed by atoms with Gasteiger partial charge in [-0.2, -0.15) is 0 Å². The molecule has 1 aromatic carbocycles. The molecule has 2 rings (SSSR count). The van der Waals surface area contributed by atoms with Crippen LogP contribution in [0.25, 0.3) is 0 Å². The molecule has 0 amide bonds. The lowest BCUT2D eigenvalue weighted by atomic mass is 10.0. The summed E-state index contributed by atoms with van der Waals surface area (Å²) in [5, 5.41) is 8.86. The number of aliphatic carboxylic acids is 1. The second kappa shape index (κ2) is 3.70. The third-order valence-electron chi connectivity index (χ3n) is 2.52. The summed E-state index contributed by atoms with van der Waals surface area (Å²) in [6.45, 7) is 0.284. The van der Waals surface area contributed by atoms with Crippen LogP contribution in [0.4, 0.5) is 0 Å². The number of rotatable bonds is 1. The van der Waals surface area contributed by atoms with Crippen LogP contribution in [0.1, 0.15) is 12.0 Å². The molecule has 1 aliphatic rings. The molecule has 0 saturated heterocycles. The van der Waals surface area contributed by atoms with Gasteiger partial charge in [0.05, 0.1) is 5.92 Å². The van der Waals surface area contributed by atoms with Crippen molar-refractivity contribution >= 4 is 5.97 Å². The molecular weight excluding hydrogens is 180 g/mol. The minimum absolute atomic E-state index is 0.284. The Bertz CT molecular complexity index is 319. The van der Waals surface area contributed by atoms with Gasteiger partial charge in [-0.1, -0.05) is 18.2 Å². The van der Waals surface area contributed by atoms with Gasteiger partial charge in [0.25, 0.3) is 0 Å². The molecule has 1 unspecified atom stereocenters. The molecule has 0 radical (unpaired) electrons. The summed E-state index contributed by atoms with van der Waals surface area (Å²) in [6.07, 6.45) is 1.44. The topological polar surface area (TPSA) is 46.5 Å². The fraction of sp³-hybridized carbons (Fsp3) is 0.364. The van der Waals surface area contributed by atoms with E-state index in [-0.39, 0.29) is 12.5 Å². The highest BCUT2D eigenvalue weighted by Crippen LogP contribution is 2.25. The van der Waals surface area contributed by atoms with Crippen LogP contribution in [0, 0.1) is 5.92 Å². The average Bonchev–Trinajstić information content (AvgIpc) is 2.39. The Kier molecular flexibility index (Phi) is 2.39. The SMILES string of the molecule is O=C(O)C1CCc2ccccc2OC1. The van der Waals surface area contributed by atoms with E-state index in [1.807, 2.05) is 24.3 Å². The van der Waals surface area contributed by atoms with E-state index >= 15 is 0 Å². The van der Waals surface area contributed by atoms with E-state index in [0.717, 1.165) is 17.7 Å². The third-order valence-corrected chi connectivity index (χ3v) is 2.52. The molecule has 0 aromatic heterocycles. The van der Waals surface area contributed by atoms with Crippen LogP contribution < -0.4 is 4.74 Å². The van der Waals surface area contributed by atoms with Crippen molar-refractivity contribution in [1.29, 1.82) is 0 Å². The Balaban J connectivity index is 2.18. The summed E-state index contributed by atoms with van der Waals surface area (Å²) < 4.78 is 5.44. The Morgan fingerprint density at radius 3 is 3.00 bits per heavy atom. The Hall–Kier alpha value is -1.51. The predicted molar refractivity (Wildman–Crippen MR) is 51.4 cm³/mol. The van der Waals surface area contributed by atoms with Crippen LogP contribution in [-0.4, -0.2) is 17.7 Å². The largest absolute Gasteiger partial charge is 0.492 e. The van der Waals surface area contributed by atoms with Gasteiger partial charge in [0.1, 0.15) is 12.4 Å². The Morgan fingerprint density at radius 2 is 2.21 bits per heavy atom. The van der Waals surface area contributed by atoms with Crippen LogP contribution in [-0.2, 0) is 11.2 Å². The number of ether oxygens (including phenoxy) is 1. The second-order valence-corrected chi connectivity index (χ2v) is 3.49. The normalized spacial score (nSPS) is 20.4. The van der Waals surface area contributed by atoms with E-state index in [1.165, 1.54) is 0 Å². The van der Waals surface area contributed by atoms with Crippen molar-refractivity contribution in [2.24, 2.45) is 5.92 Å². The number of fused-ring (bicyclic) bond motifs is 1. The van der Waals surface area contributed by atoms with Crippen molar-refractivity contribution in [1.82, 2.24) is 0 Å². The highest BCUT2D eigenvalue weighted by molar-refractivity contribution is 5.70. The molecule has 3 nitrogen and oxygen atoms in total. The number of hydrogen-bond acceptors (Lipinski definition) is 2. The molecule has 1 atom stereocenters. The average molecular weight is 192 g/mol. The van der Waals surface area contributed by atoms with E-state index in [4.69, 9.17) is 9.84 Å². The number of para-hydroxylation sites is 1. The lowest BCUT2D eigenvalue weighted by Gasteiger charge is -2.08. The summed E-state index contributed by atoms with van der Waals surface area (Å²) in [6, 6.07) is 7.72. The van der Waals surface area contributed by atoms with Crippen molar-refractivity contribution < 1.29 is 14.6 Å². The third kappa shape index (κ3) is 1.71. The van der Waals surface area contributed by atoms with Gasteiger partial charge >= 0.3 is 5.97 Å². The summed E-state index contributed by atoms with van der Waals surface area (Å²) in [7, 11) is 0. The number of carboxylic acid groups (broad SMARTS) is 1. The Labute approximate surface area is 82.3 Å². The standard InChI is InChI=1S/C11H12O3/c12-11(13)9-6-5-8-3-1-2-4-10(8)14-7-9/h1-4,9H,5-7H2,(H,12,13). The number of hydrogen-bond donors (Lipinski definition) is 1. The van der Waals surface area contributed by atoms with Crippen LogP contribution >= 0.6 is 0 Å². The van der Waals surface area contributed by atoms with Crippen molar-refractivity contribution in [2.45, 2.75) is 12.8 Å². The van der Waals surface area contributed by atoms with E-state index in [1.54, 1.807) is 0 Å². The zero-order valence-corrected chi connectivity index (χ0v) is 7.77. The maximum absolute atomic E-state index is 10.8. The number of carbonyl (C=O) groups is 1. The van der Waals surface area contributed by atoms with E-state index in [2.05, 4.69) is 0 Å². The zero-order valence-electron chi connectivity index (χ0n) is 7.77. The van der Waals surface area contributed by atoms with E-state index in [9.17, 15) is 4.79 Å². The van der Waals surface area contributed by atoms with Gasteiger partial charge in [-0.3, -0.25) is 4.79 Å². The predicted octanol–water partition coefficient (Wildman–Crippen LogP) is 1.71. The molecule has 0 bridgehead atoms. The first-order valence-electron chi connectivity index (χ1n) is 4.71. The smallest absolute Gasteiger partial charge is 0.309 e. The minimum Gasteiger partial charge on any atom is -0.492 e. The lowest BCUT2D eigenvalue weighted by molar-refractivity contribution is -0.142. The fourth-order valence-corrected chi connectivity index (χ4v) is 1.65. The van der Waals surface area contributed by atoms with E-state index < -0.39 is 5.97 Å². The first-order chi connectivity index (χ1) is 6.77. The molecule has 1 aliphatic heterocycles. The van der Waals surface area contributed by atoms with Gasteiger partial charge in [0.15, 0.2) is 0 Å². The summed E-state index contributed by atoms with van der Waals surface area (Å²) in [4.78, 5) is 10.8. The van der Waals surface area contributed by atoms with Crippen molar-refractivity contribution in [3.63, 3.8) is 0 Å². The quantitative estimate of drug-likeness (QED) is 0.736. The molecule has 0 spiro atoms. The molecule has 0 fully saturated rings. The van der Waals surface area contributed by atoms with Crippen molar-refractivity contribution in [3.8, 4) is 5.75 Å². The van der Waals surface area contributed by atoms with Gasteiger partial charge in [-0.25, -0.2) is 0 Å². The molecular formula is C11H12O3. The van der Waals surface area contributed by atoms with Gasteiger partial charge in [-0.15, -0.1) is 0 Å². The van der Waals surface area contributed by atoms with Crippen molar-refractivity contribution in [3.05, 3.63) is 29.8 Å². The number of carboxylic acids is 1. The second-order valence-electron chi connectivity index (χ2n) is 3.49. The maximum atomic E-state index is 10.8. The first kappa shape index (κ1) is 9.06. The van der Waals surface area contributed by atoms with Gasteiger partial charge in [0.2, 0.25) is 0 Å². The molecule has 1 N–H and O–H groups in total. The van der Waals surface area contributed by atoms with Crippen LogP contribution in [0.5, 0.6) is 5.75 Å². The van der Waals surface area contributed by atoms with E-state index in [0.29, 0.717) is 6.42 Å². The van der Waals surface area contributed by atoms with Gasteiger partial charge in [0, 0.05) is 0 Å². The highest BCUT2D eigenvalue weighted by Gasteiger charge is 2.22.